The standard InChI is InChI=1S/C27H28N4O3/c1-19(2)31(22-9-5-4-6-10-22)23-15-13-21(14-16-23)29-26(32)18-34-27(33)17-30-20(3)28-24-11-7-8-12-25(24)30/h4-16,19H,17-18H2,1-3H3,(H,29,32). The lowest BCUT2D eigenvalue weighted by atomic mass is 10.2. The number of amides is 1. The zero-order chi connectivity index (χ0) is 24.1. The Morgan fingerprint density at radius 2 is 1.59 bits per heavy atom. The third-order valence-electron chi connectivity index (χ3n) is 5.48. The average molecular weight is 457 g/mol. The maximum Gasteiger partial charge on any atom is 0.326 e. The average Bonchev–Trinajstić information content (AvgIpc) is 3.14. The zero-order valence-corrected chi connectivity index (χ0v) is 19.6. The number of para-hydroxylation sites is 3. The van der Waals surface area contributed by atoms with E-state index in [-0.39, 0.29) is 19.2 Å². The molecule has 1 amide bonds. The van der Waals surface area contributed by atoms with Crippen LogP contribution in [0.4, 0.5) is 17.1 Å². The molecule has 7 heteroatoms. The van der Waals surface area contributed by atoms with E-state index in [9.17, 15) is 9.59 Å². The summed E-state index contributed by atoms with van der Waals surface area (Å²) in [6, 6.07) is 25.6. The molecule has 0 bridgehead atoms. The molecule has 0 saturated heterocycles. The van der Waals surface area contributed by atoms with Gasteiger partial charge in [-0.3, -0.25) is 9.59 Å². The van der Waals surface area contributed by atoms with Crippen LogP contribution in [0.25, 0.3) is 11.0 Å². The van der Waals surface area contributed by atoms with Gasteiger partial charge in [0.15, 0.2) is 6.61 Å². The predicted octanol–water partition coefficient (Wildman–Crippen LogP) is 5.07. The molecule has 0 atom stereocenters. The summed E-state index contributed by atoms with van der Waals surface area (Å²) in [7, 11) is 0. The smallest absolute Gasteiger partial charge is 0.326 e. The van der Waals surface area contributed by atoms with E-state index in [0.717, 1.165) is 22.4 Å². The number of esters is 1. The fourth-order valence-electron chi connectivity index (χ4n) is 3.95. The third-order valence-corrected chi connectivity index (χ3v) is 5.48. The summed E-state index contributed by atoms with van der Waals surface area (Å²) < 4.78 is 6.98. The Kier molecular flexibility index (Phi) is 6.92. The Bertz CT molecular complexity index is 1280. The van der Waals surface area contributed by atoms with Crippen molar-refractivity contribution >= 4 is 40.0 Å². The molecule has 4 rings (SSSR count). The van der Waals surface area contributed by atoms with Gasteiger partial charge in [-0.15, -0.1) is 0 Å². The lowest BCUT2D eigenvalue weighted by molar-refractivity contribution is -0.147. The second-order valence-electron chi connectivity index (χ2n) is 8.29. The van der Waals surface area contributed by atoms with Crippen LogP contribution in [0.1, 0.15) is 19.7 Å². The van der Waals surface area contributed by atoms with Crippen LogP contribution in [0.3, 0.4) is 0 Å². The van der Waals surface area contributed by atoms with Gasteiger partial charge in [0.25, 0.3) is 5.91 Å². The Labute approximate surface area is 199 Å². The van der Waals surface area contributed by atoms with Crippen LogP contribution in [-0.4, -0.2) is 34.1 Å². The Balaban J connectivity index is 1.33. The summed E-state index contributed by atoms with van der Waals surface area (Å²) >= 11 is 0. The molecule has 4 aromatic rings. The number of nitrogens with one attached hydrogen (secondary N) is 1. The van der Waals surface area contributed by atoms with Crippen LogP contribution >= 0.6 is 0 Å². The van der Waals surface area contributed by atoms with Crippen LogP contribution in [0.2, 0.25) is 0 Å². The lowest BCUT2D eigenvalue weighted by Gasteiger charge is -2.29. The highest BCUT2D eigenvalue weighted by Crippen LogP contribution is 2.28. The third kappa shape index (κ3) is 5.26. The van der Waals surface area contributed by atoms with E-state index in [2.05, 4.69) is 41.2 Å². The van der Waals surface area contributed by atoms with Crippen molar-refractivity contribution in [3.63, 3.8) is 0 Å². The summed E-state index contributed by atoms with van der Waals surface area (Å²) in [4.78, 5) is 31.3. The van der Waals surface area contributed by atoms with Gasteiger partial charge in [0, 0.05) is 23.1 Å². The molecule has 174 valence electrons. The van der Waals surface area contributed by atoms with Crippen molar-refractivity contribution in [1.82, 2.24) is 9.55 Å². The zero-order valence-electron chi connectivity index (χ0n) is 19.6. The monoisotopic (exact) mass is 456 g/mol. The molecular formula is C27H28N4O3. The predicted molar refractivity (Wildman–Crippen MR) is 134 cm³/mol. The maximum absolute atomic E-state index is 12.3. The van der Waals surface area contributed by atoms with Gasteiger partial charge in [-0.2, -0.15) is 0 Å². The maximum atomic E-state index is 12.3. The number of carbonyl (C=O) groups excluding carboxylic acids is 2. The van der Waals surface area contributed by atoms with Crippen molar-refractivity contribution in [2.45, 2.75) is 33.4 Å². The van der Waals surface area contributed by atoms with Gasteiger partial charge in [-0.1, -0.05) is 30.3 Å². The molecule has 0 radical (unpaired) electrons. The number of carbonyl (C=O) groups is 2. The highest BCUT2D eigenvalue weighted by molar-refractivity contribution is 5.93. The first kappa shape index (κ1) is 23.0. The second-order valence-corrected chi connectivity index (χ2v) is 8.29. The molecule has 0 spiro atoms. The van der Waals surface area contributed by atoms with Crippen LogP contribution < -0.4 is 10.2 Å². The quantitative estimate of drug-likeness (QED) is 0.375. The summed E-state index contributed by atoms with van der Waals surface area (Å²) in [6.07, 6.45) is 0. The minimum Gasteiger partial charge on any atom is -0.454 e. The Morgan fingerprint density at radius 1 is 0.941 bits per heavy atom. The number of nitrogens with zero attached hydrogens (tertiary/aromatic N) is 3. The summed E-state index contributed by atoms with van der Waals surface area (Å²) in [5.74, 6) is -0.169. The van der Waals surface area contributed by atoms with Gasteiger partial charge < -0.3 is 19.5 Å². The molecular weight excluding hydrogens is 428 g/mol. The SMILES string of the molecule is Cc1nc2ccccc2n1CC(=O)OCC(=O)Nc1ccc(N(c2ccccc2)C(C)C)cc1. The largest absolute Gasteiger partial charge is 0.454 e. The normalized spacial score (nSPS) is 10.9. The summed E-state index contributed by atoms with van der Waals surface area (Å²) in [6.45, 7) is 5.74. The number of rotatable bonds is 8. The molecule has 0 fully saturated rings. The van der Waals surface area contributed by atoms with E-state index in [1.807, 2.05) is 73.7 Å². The first-order valence-corrected chi connectivity index (χ1v) is 11.2. The molecule has 0 saturated carbocycles. The van der Waals surface area contributed by atoms with Crippen molar-refractivity contribution in [3.8, 4) is 0 Å². The van der Waals surface area contributed by atoms with Gasteiger partial charge >= 0.3 is 5.97 Å². The fraction of sp³-hybridized carbons (Fsp3) is 0.222. The van der Waals surface area contributed by atoms with Crippen molar-refractivity contribution in [2.24, 2.45) is 0 Å². The van der Waals surface area contributed by atoms with Gasteiger partial charge in [0.1, 0.15) is 12.4 Å². The van der Waals surface area contributed by atoms with E-state index < -0.39 is 11.9 Å². The molecule has 1 heterocycles. The number of imidazole rings is 1. The minimum atomic E-state index is -0.493. The molecule has 0 aliphatic carbocycles. The van der Waals surface area contributed by atoms with Crippen LogP contribution in [-0.2, 0) is 20.9 Å². The van der Waals surface area contributed by atoms with E-state index in [1.54, 1.807) is 4.57 Å². The van der Waals surface area contributed by atoms with Crippen molar-refractivity contribution in [2.75, 3.05) is 16.8 Å². The first-order valence-electron chi connectivity index (χ1n) is 11.2. The number of aromatic nitrogens is 2. The lowest BCUT2D eigenvalue weighted by Crippen LogP contribution is -2.25. The van der Waals surface area contributed by atoms with E-state index in [0.29, 0.717) is 11.5 Å². The molecule has 0 aliphatic rings. The molecule has 34 heavy (non-hydrogen) atoms. The van der Waals surface area contributed by atoms with Crippen molar-refractivity contribution in [3.05, 3.63) is 84.7 Å². The number of hydrogen-bond donors (Lipinski definition) is 1. The molecule has 0 unspecified atom stereocenters. The number of hydrogen-bond acceptors (Lipinski definition) is 5. The topological polar surface area (TPSA) is 76.5 Å². The number of fused-ring (bicyclic) bond motifs is 1. The molecule has 1 aromatic heterocycles. The molecule has 7 nitrogen and oxygen atoms in total. The minimum absolute atomic E-state index is 0.00114. The number of ether oxygens (including phenoxy) is 1. The number of aryl methyl sites for hydroxylation is 1. The molecule has 1 N–H and O–H groups in total. The number of benzene rings is 3. The Morgan fingerprint density at radius 3 is 2.29 bits per heavy atom. The van der Waals surface area contributed by atoms with Crippen LogP contribution in [0.5, 0.6) is 0 Å². The fourth-order valence-corrected chi connectivity index (χ4v) is 3.95. The van der Waals surface area contributed by atoms with Crippen LogP contribution in [0.15, 0.2) is 78.9 Å². The number of anilines is 3. The van der Waals surface area contributed by atoms with E-state index >= 15 is 0 Å². The van der Waals surface area contributed by atoms with Gasteiger partial charge in [-0.25, -0.2) is 4.98 Å². The van der Waals surface area contributed by atoms with E-state index in [4.69, 9.17) is 4.74 Å². The van der Waals surface area contributed by atoms with Gasteiger partial charge in [0.2, 0.25) is 0 Å². The summed E-state index contributed by atoms with van der Waals surface area (Å²) in [5, 5.41) is 2.78. The first-order chi connectivity index (χ1) is 16.4. The van der Waals surface area contributed by atoms with E-state index in [1.165, 1.54) is 0 Å². The van der Waals surface area contributed by atoms with Crippen molar-refractivity contribution in [1.29, 1.82) is 0 Å². The van der Waals surface area contributed by atoms with Crippen LogP contribution in [0, 0.1) is 6.92 Å². The molecule has 0 aliphatic heterocycles. The van der Waals surface area contributed by atoms with Crippen molar-refractivity contribution < 1.29 is 14.3 Å². The van der Waals surface area contributed by atoms with Gasteiger partial charge in [0.05, 0.1) is 11.0 Å². The van der Waals surface area contributed by atoms with Gasteiger partial charge in [-0.05, 0) is 69.3 Å². The molecule has 3 aromatic carbocycles. The Hall–Kier alpha value is -4.13. The summed E-state index contributed by atoms with van der Waals surface area (Å²) in [5.41, 5.74) is 4.43. The second kappa shape index (κ2) is 10.2. The highest BCUT2D eigenvalue weighted by Gasteiger charge is 2.15. The highest BCUT2D eigenvalue weighted by atomic mass is 16.5.